The van der Waals surface area contributed by atoms with E-state index < -0.39 is 36.2 Å². The number of likely N-dealkylation sites (tertiary alicyclic amines) is 1. The predicted octanol–water partition coefficient (Wildman–Crippen LogP) is 4.71. The van der Waals surface area contributed by atoms with E-state index >= 15 is 0 Å². The molecule has 0 aliphatic carbocycles. The number of nitrogens with zero attached hydrogens (tertiary/aromatic N) is 2. The number of carbonyl (C=O) groups excluding carboxylic acids is 4. The summed E-state index contributed by atoms with van der Waals surface area (Å²) in [4.78, 5) is 56.5. The van der Waals surface area contributed by atoms with Crippen molar-refractivity contribution in [2.24, 2.45) is 11.1 Å². The number of aryl methyl sites for hydroxylation is 1. The first kappa shape index (κ1) is 34.4. The van der Waals surface area contributed by atoms with Gasteiger partial charge in [0.1, 0.15) is 31.5 Å². The molecule has 246 valence electrons. The Balaban J connectivity index is 1.37. The molecule has 0 spiro atoms. The molecule has 11 nitrogen and oxygen atoms in total. The number of carbonyl (C=O) groups is 4. The second kappa shape index (κ2) is 16.2. The van der Waals surface area contributed by atoms with Crippen molar-refractivity contribution in [2.75, 3.05) is 20.3 Å². The van der Waals surface area contributed by atoms with Crippen LogP contribution in [0, 0.1) is 12.8 Å². The van der Waals surface area contributed by atoms with Crippen LogP contribution in [0.15, 0.2) is 65.8 Å². The number of rotatable bonds is 11. The van der Waals surface area contributed by atoms with Crippen molar-refractivity contribution >= 4 is 30.0 Å². The molecule has 0 unspecified atom stereocenters. The summed E-state index contributed by atoms with van der Waals surface area (Å²) in [6, 6.07) is 14.1. The molecule has 4 rings (SSSR count). The Morgan fingerprint density at radius 2 is 1.70 bits per heavy atom. The molecule has 0 aromatic heterocycles. The topological polar surface area (TPSA) is 130 Å². The van der Waals surface area contributed by atoms with E-state index in [-0.39, 0.29) is 37.2 Å². The highest BCUT2D eigenvalue weighted by atomic mass is 16.6. The molecule has 2 heterocycles. The summed E-state index contributed by atoms with van der Waals surface area (Å²) < 4.78 is 21.3. The second-order valence-corrected chi connectivity index (χ2v) is 11.6. The Labute approximate surface area is 269 Å². The van der Waals surface area contributed by atoms with Gasteiger partial charge in [-0.15, -0.1) is 0 Å². The average Bonchev–Trinajstić information content (AvgIpc) is 3.04. The summed E-state index contributed by atoms with van der Waals surface area (Å²) >= 11 is 0. The quantitative estimate of drug-likeness (QED) is 0.0862. The Morgan fingerprint density at radius 3 is 2.35 bits per heavy atom. The second-order valence-electron chi connectivity index (χ2n) is 11.6. The zero-order chi connectivity index (χ0) is 33.2. The molecule has 2 aliphatic heterocycles. The fourth-order valence-electron chi connectivity index (χ4n) is 5.76. The van der Waals surface area contributed by atoms with E-state index in [9.17, 15) is 19.2 Å². The molecule has 2 aromatic rings. The molecular weight excluding hydrogens is 592 g/mol. The van der Waals surface area contributed by atoms with Gasteiger partial charge in [0, 0.05) is 25.8 Å². The summed E-state index contributed by atoms with van der Waals surface area (Å²) in [5.74, 6) is -1.42. The molecule has 11 heteroatoms. The van der Waals surface area contributed by atoms with Crippen LogP contribution >= 0.6 is 0 Å². The van der Waals surface area contributed by atoms with E-state index in [2.05, 4.69) is 12.1 Å². The predicted molar refractivity (Wildman–Crippen MR) is 169 cm³/mol. The summed E-state index contributed by atoms with van der Waals surface area (Å²) in [7, 11) is 1.35. The average molecular weight is 635 g/mol. The Kier molecular flexibility index (Phi) is 12.1. The number of ether oxygens (including phenoxy) is 4. The molecule has 0 saturated carbocycles. The maximum Gasteiger partial charge on any atom is 0.328 e. The maximum absolute atomic E-state index is 14.0. The molecule has 46 heavy (non-hydrogen) atoms. The highest BCUT2D eigenvalue weighted by molar-refractivity contribution is 5.98. The summed E-state index contributed by atoms with van der Waals surface area (Å²) in [6.07, 6.45) is 5.20. The number of hydrogen-bond donors (Lipinski definition) is 0. The van der Waals surface area contributed by atoms with E-state index in [0.29, 0.717) is 18.4 Å². The molecule has 2 aliphatic rings. The molecule has 0 radical (unpaired) electrons. The van der Waals surface area contributed by atoms with Crippen molar-refractivity contribution in [1.29, 1.82) is 0 Å². The van der Waals surface area contributed by atoms with Gasteiger partial charge in [-0.25, -0.2) is 4.79 Å². The molecule has 0 N–H and O–H groups in total. The monoisotopic (exact) mass is 634 g/mol. The first-order chi connectivity index (χ1) is 22.1. The maximum atomic E-state index is 14.0. The molecule has 1 fully saturated rings. The van der Waals surface area contributed by atoms with Crippen LogP contribution in [0.4, 0.5) is 0 Å². The Morgan fingerprint density at radius 1 is 0.978 bits per heavy atom. The zero-order valence-corrected chi connectivity index (χ0v) is 26.9. The van der Waals surface area contributed by atoms with Crippen molar-refractivity contribution < 1.29 is 43.0 Å². The molecule has 2 aromatic carbocycles. The van der Waals surface area contributed by atoms with E-state index in [4.69, 9.17) is 23.8 Å². The molecular formula is C35H42N2O9. The third-order valence-corrected chi connectivity index (χ3v) is 8.11. The van der Waals surface area contributed by atoms with Gasteiger partial charge in [0.05, 0.1) is 25.5 Å². The normalized spacial score (nSPS) is 24.3. The van der Waals surface area contributed by atoms with Crippen LogP contribution in [0.5, 0.6) is 0 Å². The standard InChI is InChI=1S/C35H42N2O9/c1-22-6-11-27(12-7-22)33-23(2)8-16-30(35(41)42-5)37(33)34(40)28-13-9-26(10-14-28)20-36-44-19-18-29-15-17-31(45-25(4)39)32(46-29)21-43-24(3)38/h6-7,9-15,17,20,23,29-33H,8,16,18-19,21H2,1-5H3/t23-,29-,30-,31-,32+,33-/m0/s1. The summed E-state index contributed by atoms with van der Waals surface area (Å²) in [5, 5.41) is 4.04. The lowest BCUT2D eigenvalue weighted by Crippen LogP contribution is -2.52. The molecule has 1 saturated heterocycles. The van der Waals surface area contributed by atoms with E-state index in [0.717, 1.165) is 23.1 Å². The zero-order valence-electron chi connectivity index (χ0n) is 26.9. The number of benzene rings is 2. The number of hydrogen-bond acceptors (Lipinski definition) is 10. The van der Waals surface area contributed by atoms with Gasteiger partial charge in [-0.1, -0.05) is 60.1 Å². The van der Waals surface area contributed by atoms with Gasteiger partial charge in [-0.3, -0.25) is 14.4 Å². The molecule has 0 bridgehead atoms. The minimum Gasteiger partial charge on any atom is -0.467 e. The van der Waals surface area contributed by atoms with Gasteiger partial charge in [0.2, 0.25) is 0 Å². The van der Waals surface area contributed by atoms with Crippen LogP contribution < -0.4 is 0 Å². The van der Waals surface area contributed by atoms with Crippen LogP contribution in [0.25, 0.3) is 0 Å². The molecule has 6 atom stereocenters. The number of piperidine rings is 1. The largest absolute Gasteiger partial charge is 0.467 e. The van der Waals surface area contributed by atoms with Crippen LogP contribution in [0.3, 0.4) is 0 Å². The van der Waals surface area contributed by atoms with E-state index in [1.165, 1.54) is 21.0 Å². The fraction of sp³-hybridized carbons (Fsp3) is 0.457. The fourth-order valence-corrected chi connectivity index (χ4v) is 5.76. The number of esters is 3. The third-order valence-electron chi connectivity index (χ3n) is 8.11. The molecule has 1 amide bonds. The Bertz CT molecular complexity index is 1420. The summed E-state index contributed by atoms with van der Waals surface area (Å²) in [5.41, 5.74) is 3.28. The van der Waals surface area contributed by atoms with Crippen LogP contribution in [0.2, 0.25) is 0 Å². The van der Waals surface area contributed by atoms with Crippen LogP contribution in [-0.2, 0) is 38.2 Å². The lowest BCUT2D eigenvalue weighted by molar-refractivity contribution is -0.164. The van der Waals surface area contributed by atoms with E-state index in [1.54, 1.807) is 47.5 Å². The van der Waals surface area contributed by atoms with Gasteiger partial charge < -0.3 is 28.7 Å². The SMILES string of the molecule is COC(=O)[C@@H]1CC[C@H](C)[C@@H](c2ccc(C)cc2)N1C(=O)c1ccc(C=NOCC[C@@H]2C=C[C@H](OC(C)=O)[C@@H](COC(C)=O)O2)cc1. The first-order valence-corrected chi connectivity index (χ1v) is 15.4. The summed E-state index contributed by atoms with van der Waals surface area (Å²) in [6.45, 7) is 6.92. The van der Waals surface area contributed by atoms with E-state index in [1.807, 2.05) is 31.2 Å². The van der Waals surface area contributed by atoms with Crippen molar-refractivity contribution in [3.63, 3.8) is 0 Å². The number of methoxy groups -OCH3 is 1. The lowest BCUT2D eigenvalue weighted by atomic mass is 9.82. The van der Waals surface area contributed by atoms with Gasteiger partial charge in [0.15, 0.2) is 0 Å². The van der Waals surface area contributed by atoms with Crippen LogP contribution in [0.1, 0.15) is 73.1 Å². The minimum absolute atomic E-state index is 0.0433. The van der Waals surface area contributed by atoms with Crippen molar-refractivity contribution in [3.8, 4) is 0 Å². The van der Waals surface area contributed by atoms with Gasteiger partial charge in [-0.2, -0.15) is 0 Å². The van der Waals surface area contributed by atoms with Gasteiger partial charge in [-0.05, 0) is 55.0 Å². The van der Waals surface area contributed by atoms with Gasteiger partial charge in [0.25, 0.3) is 5.91 Å². The van der Waals surface area contributed by atoms with Crippen molar-refractivity contribution in [1.82, 2.24) is 4.90 Å². The van der Waals surface area contributed by atoms with Crippen molar-refractivity contribution in [3.05, 3.63) is 82.9 Å². The number of oxime groups is 1. The van der Waals surface area contributed by atoms with Gasteiger partial charge >= 0.3 is 17.9 Å². The first-order valence-electron chi connectivity index (χ1n) is 15.4. The van der Waals surface area contributed by atoms with Crippen molar-refractivity contribution in [2.45, 2.75) is 77.4 Å². The smallest absolute Gasteiger partial charge is 0.328 e. The third kappa shape index (κ3) is 9.03. The number of amides is 1. The van der Waals surface area contributed by atoms with Crippen LogP contribution in [-0.4, -0.2) is 79.6 Å². The highest BCUT2D eigenvalue weighted by Gasteiger charge is 2.43. The Hall–Kier alpha value is -4.51. The lowest BCUT2D eigenvalue weighted by Gasteiger charge is -2.44. The highest BCUT2D eigenvalue weighted by Crippen LogP contribution is 2.40. The minimum atomic E-state index is -0.679.